The molecule has 0 atom stereocenters. The summed E-state index contributed by atoms with van der Waals surface area (Å²) >= 11 is 0. The molecule has 0 aliphatic rings. The van der Waals surface area contributed by atoms with Crippen molar-refractivity contribution in [1.82, 2.24) is 0 Å². The highest BCUT2D eigenvalue weighted by Crippen LogP contribution is 2.30. The molecule has 0 spiro atoms. The van der Waals surface area contributed by atoms with E-state index < -0.39 is 50.3 Å². The normalized spacial score (nSPS) is 13.3. The quantitative estimate of drug-likeness (QED) is 0.0260. The summed E-state index contributed by atoms with van der Waals surface area (Å²) in [6.45, 7) is 0. The van der Waals surface area contributed by atoms with Gasteiger partial charge in [-0.15, -0.1) is 0 Å². The lowest BCUT2D eigenvalue weighted by Gasteiger charge is -2.07. The van der Waals surface area contributed by atoms with Gasteiger partial charge in [-0.2, -0.15) is 54.1 Å². The third-order valence-corrected chi connectivity index (χ3v) is 11.9. The van der Waals surface area contributed by atoms with E-state index in [0.29, 0.717) is 11.4 Å². The molecule has 22 nitrogen and oxygen atoms in total. The van der Waals surface area contributed by atoms with Crippen LogP contribution in [0.1, 0.15) is 11.1 Å². The van der Waals surface area contributed by atoms with Crippen molar-refractivity contribution >= 4 is 98.1 Å². The van der Waals surface area contributed by atoms with Crippen molar-refractivity contribution in [3.63, 3.8) is 0 Å². The summed E-state index contributed by atoms with van der Waals surface area (Å²) in [6.07, 6.45) is 2.15. The van der Waals surface area contributed by atoms with E-state index in [2.05, 4.69) is 30.7 Å². The van der Waals surface area contributed by atoms with Crippen LogP contribution in [0.4, 0.5) is 45.5 Å². The fourth-order valence-corrected chi connectivity index (χ4v) is 7.65. The molecule has 4 N–H and O–H groups in total. The van der Waals surface area contributed by atoms with E-state index in [1.54, 1.807) is 0 Å². The lowest BCUT2D eigenvalue weighted by molar-refractivity contribution is -0.435. The third kappa shape index (κ3) is 12.2. The lowest BCUT2D eigenvalue weighted by Crippen LogP contribution is -2.03. The summed E-state index contributed by atoms with van der Waals surface area (Å²) in [4.78, 5) is -2.04. The van der Waals surface area contributed by atoms with E-state index in [4.69, 9.17) is 9.11 Å². The van der Waals surface area contributed by atoms with Crippen molar-refractivity contribution in [1.29, 1.82) is 0 Å². The summed E-state index contributed by atoms with van der Waals surface area (Å²) in [5.74, 6) is 0. The molecule has 0 aliphatic carbocycles. The monoisotopic (exact) mass is 948 g/mol. The van der Waals surface area contributed by atoms with Gasteiger partial charge in [-0.1, -0.05) is 21.9 Å². The average Bonchev–Trinajstić information content (AvgIpc) is 3.24. The number of azo groups is 4. The van der Waals surface area contributed by atoms with Gasteiger partial charge < -0.3 is 10.4 Å². The summed E-state index contributed by atoms with van der Waals surface area (Å²) in [5.41, 5.74) is 0.248. The first-order chi connectivity index (χ1) is 30.0. The summed E-state index contributed by atoms with van der Waals surface area (Å²) < 4.78 is 133. The molecule has 0 radical (unpaired) electrons. The molecular weight excluding hydrogens is 921 g/mol. The highest BCUT2D eigenvalue weighted by atomic mass is 32.2. The average molecular weight is 949 g/mol. The van der Waals surface area contributed by atoms with E-state index >= 15 is 0 Å². The minimum absolute atomic E-state index is 0.0733. The van der Waals surface area contributed by atoms with Crippen LogP contribution in [0.25, 0.3) is 12.2 Å². The first-order valence-corrected chi connectivity index (χ1v) is 23.3. The SMILES string of the molecule is O=S(=O)(O)c1ccc(N=Nc2ccc(N=[N+]([O-])c3ccc(/C=C/c4ccc([N+]([O-])=Nc5ccc(N=Nc6ccc(S(=O)(=O)O)cc6)cc5)cc4S(=O)(=O)O)c(S(=O)(=O)O)c3)cc2)cc1. The van der Waals surface area contributed by atoms with Crippen LogP contribution in [0, 0.1) is 10.4 Å². The first kappa shape index (κ1) is 46.2. The van der Waals surface area contributed by atoms with Crippen LogP contribution in [-0.4, -0.2) is 61.6 Å². The molecule has 0 aliphatic heterocycles. The van der Waals surface area contributed by atoms with Crippen molar-refractivity contribution in [3.8, 4) is 0 Å². The molecule has 0 unspecified atom stereocenters. The first-order valence-electron chi connectivity index (χ1n) is 17.5. The molecule has 0 fully saturated rings. The smallest absolute Gasteiger partial charge is 0.295 e. The minimum Gasteiger partial charge on any atom is -0.594 e. The minimum atomic E-state index is -5.01. The topological polar surface area (TPSA) is 344 Å². The molecule has 0 saturated carbocycles. The van der Waals surface area contributed by atoms with Gasteiger partial charge in [0.15, 0.2) is 0 Å². The van der Waals surface area contributed by atoms with Crippen molar-refractivity contribution < 1.29 is 61.6 Å². The van der Waals surface area contributed by atoms with Crippen LogP contribution in [0.3, 0.4) is 0 Å². The van der Waals surface area contributed by atoms with Gasteiger partial charge in [-0.3, -0.25) is 18.2 Å². The standard InChI is InChI=1S/C38H28N8O14S4/c47-45(43-31-9-5-27(6-10-31)39-41-29-13-19-35(20-14-29)61(49,50)51)33-17-3-25(37(23-33)63(55,56)57)1-2-26-4-18-34(24-38(26)64(58,59)60)46(48)44-32-11-7-28(8-12-32)40-42-30-15-21-36(22-16-30)62(52,53)54/h1-24H,(H,49,50,51)(H,52,53,54)(H,55,56,57)(H,58,59,60)/b2-1+,41-39?,42-40?,45-43?,46-44?. The molecule has 0 aromatic heterocycles. The second-order valence-corrected chi connectivity index (χ2v) is 18.5. The molecule has 0 saturated heterocycles. The molecule has 6 aromatic rings. The Labute approximate surface area is 363 Å². The number of benzene rings is 6. The van der Waals surface area contributed by atoms with E-state index in [0.717, 1.165) is 72.8 Å². The Morgan fingerprint density at radius 1 is 0.375 bits per heavy atom. The zero-order valence-corrected chi connectivity index (χ0v) is 35.2. The number of rotatable bonds is 14. The molecule has 26 heteroatoms. The van der Waals surface area contributed by atoms with Crippen LogP contribution < -0.4 is 0 Å². The molecule has 0 heterocycles. The van der Waals surface area contributed by atoms with Crippen molar-refractivity contribution in [3.05, 3.63) is 155 Å². The molecule has 6 aromatic carbocycles. The highest BCUT2D eigenvalue weighted by molar-refractivity contribution is 7.86. The van der Waals surface area contributed by atoms with Gasteiger partial charge in [0.25, 0.3) is 40.5 Å². The fourth-order valence-electron chi connectivity index (χ4n) is 5.28. The van der Waals surface area contributed by atoms with Crippen LogP contribution in [0.5, 0.6) is 0 Å². The number of nitrogens with zero attached hydrogens (tertiary/aromatic N) is 8. The predicted molar refractivity (Wildman–Crippen MR) is 226 cm³/mol. The van der Waals surface area contributed by atoms with E-state index in [1.165, 1.54) is 72.8 Å². The fraction of sp³-hybridized carbons (Fsp3) is 0. The second-order valence-electron chi connectivity index (χ2n) is 12.8. The maximum absolute atomic E-state index is 13.0. The van der Waals surface area contributed by atoms with Crippen molar-refractivity contribution in [2.24, 2.45) is 30.7 Å². The zero-order valence-electron chi connectivity index (χ0n) is 31.9. The molecule has 328 valence electrons. The molecule has 6 rings (SSSR count). The van der Waals surface area contributed by atoms with Gasteiger partial charge in [-0.05, 0) is 120 Å². The van der Waals surface area contributed by atoms with Gasteiger partial charge in [-0.25, -0.2) is 0 Å². The molecular formula is C38H28N8O14S4. The maximum atomic E-state index is 13.0. The molecule has 0 amide bonds. The number of hydrogen-bond acceptors (Lipinski definition) is 16. The van der Waals surface area contributed by atoms with Crippen LogP contribution >= 0.6 is 0 Å². The van der Waals surface area contributed by atoms with Gasteiger partial charge in [0.1, 0.15) is 21.2 Å². The predicted octanol–water partition coefficient (Wildman–Crippen LogP) is 9.53. The summed E-state index contributed by atoms with van der Waals surface area (Å²) in [7, 11) is -18.8. The second kappa shape index (κ2) is 18.6. The van der Waals surface area contributed by atoms with Gasteiger partial charge in [0.05, 0.1) is 32.5 Å². The van der Waals surface area contributed by atoms with Gasteiger partial charge >= 0.3 is 0 Å². The van der Waals surface area contributed by atoms with Crippen molar-refractivity contribution in [2.75, 3.05) is 0 Å². The van der Waals surface area contributed by atoms with Gasteiger partial charge in [0, 0.05) is 34.5 Å². The van der Waals surface area contributed by atoms with E-state index in [9.17, 15) is 53.2 Å². The van der Waals surface area contributed by atoms with E-state index in [-0.39, 0.29) is 64.8 Å². The zero-order chi connectivity index (χ0) is 46.5. The Morgan fingerprint density at radius 3 is 0.906 bits per heavy atom. The number of hydrogen-bond donors (Lipinski definition) is 4. The summed E-state index contributed by atoms with van der Waals surface area (Å²) in [6, 6.07) is 27.3. The van der Waals surface area contributed by atoms with Crippen molar-refractivity contribution in [2.45, 2.75) is 19.6 Å². The Kier molecular flexibility index (Phi) is 13.4. The highest BCUT2D eigenvalue weighted by Gasteiger charge is 2.21. The Hall–Kier alpha value is -7.30. The van der Waals surface area contributed by atoms with E-state index in [1.807, 2.05) is 0 Å². The maximum Gasteiger partial charge on any atom is 0.295 e. The van der Waals surface area contributed by atoms with Crippen LogP contribution in [0.15, 0.2) is 184 Å². The third-order valence-electron chi connectivity index (χ3n) is 8.38. The lowest BCUT2D eigenvalue weighted by atomic mass is 10.1. The largest absolute Gasteiger partial charge is 0.594 e. The molecule has 64 heavy (non-hydrogen) atoms. The Balaban J connectivity index is 1.18. The Bertz CT molecular complexity index is 3140. The summed E-state index contributed by atoms with van der Waals surface area (Å²) in [5, 5.41) is 49.5. The van der Waals surface area contributed by atoms with Gasteiger partial charge in [0.2, 0.25) is 11.4 Å². The Morgan fingerprint density at radius 2 is 0.641 bits per heavy atom. The van der Waals surface area contributed by atoms with Crippen LogP contribution in [0.2, 0.25) is 0 Å². The molecule has 0 bridgehead atoms. The van der Waals surface area contributed by atoms with Crippen LogP contribution in [-0.2, 0) is 40.5 Å².